The number of carbonyl (C=O) groups is 2. The second-order valence-electron chi connectivity index (χ2n) is 8.56. The van der Waals surface area contributed by atoms with Crippen LogP contribution < -0.4 is 16.4 Å². The summed E-state index contributed by atoms with van der Waals surface area (Å²) in [5.74, 6) is -1.37. The summed E-state index contributed by atoms with van der Waals surface area (Å²) in [5, 5.41) is 57.3. The van der Waals surface area contributed by atoms with E-state index in [9.17, 15) is 35.2 Å². The maximum Gasteiger partial charge on any atom is 0.244 e. The van der Waals surface area contributed by atoms with Gasteiger partial charge in [-0.05, 0) is 30.5 Å². The smallest absolute Gasteiger partial charge is 0.244 e. The van der Waals surface area contributed by atoms with E-state index in [0.29, 0.717) is 23.6 Å². The molecule has 0 aromatic heterocycles. The molecule has 0 radical (unpaired) electrons. The van der Waals surface area contributed by atoms with Gasteiger partial charge in [-0.25, -0.2) is 0 Å². The van der Waals surface area contributed by atoms with E-state index in [0.717, 1.165) is 6.42 Å². The highest BCUT2D eigenvalue weighted by Gasteiger charge is 2.65. The summed E-state index contributed by atoms with van der Waals surface area (Å²) < 4.78 is 5.20. The van der Waals surface area contributed by atoms with Crippen molar-refractivity contribution in [2.75, 3.05) is 13.2 Å². The number of nitrogens with zero attached hydrogens (tertiary/aromatic N) is 1. The number of aliphatic hydroxyl groups is 3. The molecular weight excluding hydrogens is 436 g/mol. The second kappa shape index (κ2) is 10.3. The van der Waals surface area contributed by atoms with Crippen LogP contribution in [-0.4, -0.2) is 97.8 Å². The lowest BCUT2D eigenvalue weighted by Gasteiger charge is -2.47. The summed E-state index contributed by atoms with van der Waals surface area (Å²) in [7, 11) is 0. The molecule has 2 aliphatic rings. The molecule has 0 aliphatic carbocycles. The number of nitrogens with one attached hydrogen (secondary N) is 2. The molecule has 7 atom stereocenters. The SMILES string of the molecule is CCCCNC(=O)C(NC(=O)[C@@H](N)Cc1ccc(O)cc1)[C@H]1[C@H](O)[C@]2(O)CO[C@@H]([C@@H]2O)N1O. The molecular formula is C21H32N4O8. The highest BCUT2D eigenvalue weighted by atomic mass is 16.6. The fourth-order valence-electron chi connectivity index (χ4n) is 4.11. The number of hydrogen-bond acceptors (Lipinski definition) is 10. The van der Waals surface area contributed by atoms with Gasteiger partial charge in [-0.3, -0.25) is 9.59 Å². The molecule has 184 valence electrons. The monoisotopic (exact) mass is 468 g/mol. The van der Waals surface area contributed by atoms with Gasteiger partial charge < -0.3 is 46.7 Å². The van der Waals surface area contributed by atoms with Crippen LogP contribution in [0.25, 0.3) is 0 Å². The van der Waals surface area contributed by atoms with Crippen LogP contribution in [0.2, 0.25) is 0 Å². The number of hydroxylamine groups is 2. The van der Waals surface area contributed by atoms with Crippen molar-refractivity contribution in [3.05, 3.63) is 29.8 Å². The number of phenolic OH excluding ortho intramolecular Hbond substituents is 1. The number of amides is 2. The zero-order chi connectivity index (χ0) is 24.3. The summed E-state index contributed by atoms with van der Waals surface area (Å²) in [6.45, 7) is 1.76. The molecule has 33 heavy (non-hydrogen) atoms. The molecule has 9 N–H and O–H groups in total. The molecule has 0 spiro atoms. The number of nitrogens with two attached hydrogens (primary N) is 1. The number of fused-ring (bicyclic) bond motifs is 2. The Morgan fingerprint density at radius 3 is 2.55 bits per heavy atom. The minimum absolute atomic E-state index is 0.0619. The molecule has 12 heteroatoms. The molecule has 1 aromatic carbocycles. The Morgan fingerprint density at radius 1 is 1.24 bits per heavy atom. The van der Waals surface area contributed by atoms with E-state index in [1.165, 1.54) is 12.1 Å². The van der Waals surface area contributed by atoms with Crippen molar-refractivity contribution >= 4 is 11.8 Å². The van der Waals surface area contributed by atoms with E-state index < -0.39 is 60.6 Å². The van der Waals surface area contributed by atoms with E-state index in [1.807, 2.05) is 6.92 Å². The molecule has 2 heterocycles. The zero-order valence-corrected chi connectivity index (χ0v) is 18.3. The Balaban J connectivity index is 1.80. The molecule has 2 fully saturated rings. The number of aromatic hydroxyl groups is 1. The lowest BCUT2D eigenvalue weighted by Crippen LogP contribution is -2.74. The van der Waals surface area contributed by atoms with Crippen LogP contribution in [0.3, 0.4) is 0 Å². The first-order valence-electron chi connectivity index (χ1n) is 10.9. The Bertz CT molecular complexity index is 840. The van der Waals surface area contributed by atoms with Crippen LogP contribution in [0.1, 0.15) is 25.3 Å². The van der Waals surface area contributed by atoms with Gasteiger partial charge in [0.15, 0.2) is 6.23 Å². The summed E-state index contributed by atoms with van der Waals surface area (Å²) >= 11 is 0. The Hall–Kier alpha value is -2.32. The van der Waals surface area contributed by atoms with Gasteiger partial charge in [-0.1, -0.05) is 25.5 Å². The van der Waals surface area contributed by atoms with Crippen molar-refractivity contribution in [3.63, 3.8) is 0 Å². The summed E-state index contributed by atoms with van der Waals surface area (Å²) in [5.41, 5.74) is 4.55. The van der Waals surface area contributed by atoms with Gasteiger partial charge in [-0.15, -0.1) is 0 Å². The van der Waals surface area contributed by atoms with Gasteiger partial charge in [0.1, 0.15) is 29.6 Å². The molecule has 2 bridgehead atoms. The number of aliphatic hydroxyl groups excluding tert-OH is 2. The van der Waals surface area contributed by atoms with E-state index in [2.05, 4.69) is 10.6 Å². The number of carbonyl (C=O) groups excluding carboxylic acids is 2. The summed E-state index contributed by atoms with van der Waals surface area (Å²) in [4.78, 5) is 25.8. The third kappa shape index (κ3) is 5.11. The van der Waals surface area contributed by atoms with Crippen molar-refractivity contribution in [1.29, 1.82) is 0 Å². The quantitative estimate of drug-likeness (QED) is 0.180. The third-order valence-electron chi connectivity index (χ3n) is 6.15. The van der Waals surface area contributed by atoms with Crippen LogP contribution in [0.15, 0.2) is 24.3 Å². The van der Waals surface area contributed by atoms with E-state index >= 15 is 0 Å². The summed E-state index contributed by atoms with van der Waals surface area (Å²) in [6.07, 6.45) is -3.28. The fraction of sp³-hybridized carbons (Fsp3) is 0.619. The topological polar surface area (TPSA) is 198 Å². The Labute approximate surface area is 190 Å². The van der Waals surface area contributed by atoms with Crippen LogP contribution >= 0.6 is 0 Å². The highest BCUT2D eigenvalue weighted by molar-refractivity contribution is 5.90. The number of phenols is 1. The van der Waals surface area contributed by atoms with Gasteiger partial charge in [0.05, 0.1) is 18.7 Å². The van der Waals surface area contributed by atoms with Crippen molar-refractivity contribution in [1.82, 2.24) is 15.7 Å². The normalized spacial score (nSPS) is 31.1. The van der Waals surface area contributed by atoms with Crippen molar-refractivity contribution < 1.29 is 40.0 Å². The average Bonchev–Trinajstić information content (AvgIpc) is 3.04. The van der Waals surface area contributed by atoms with Crippen molar-refractivity contribution in [2.45, 2.75) is 68.3 Å². The maximum absolute atomic E-state index is 13.0. The standard InChI is InChI=1S/C21H32N4O8/c1-2-3-8-23-19(30)14(15-16(27)21(31)10-33-20(17(21)28)25(15)32)24-18(29)13(22)9-11-4-6-12(26)7-5-11/h4-7,13-17,20,26-28,31-32H,2-3,8-10,22H2,1H3,(H,23,30)(H,24,29)/t13-,14?,15-,16-,17-,20-,21+/m0/s1. The molecule has 2 aliphatic heterocycles. The van der Waals surface area contributed by atoms with Gasteiger partial charge in [0.25, 0.3) is 0 Å². The molecule has 12 nitrogen and oxygen atoms in total. The number of rotatable bonds is 9. The van der Waals surface area contributed by atoms with Crippen LogP contribution in [-0.2, 0) is 20.7 Å². The lowest BCUT2D eigenvalue weighted by molar-refractivity contribution is -0.297. The van der Waals surface area contributed by atoms with Gasteiger partial charge in [-0.2, -0.15) is 5.06 Å². The molecule has 2 saturated heterocycles. The molecule has 1 aromatic rings. The largest absolute Gasteiger partial charge is 0.508 e. The molecule has 3 rings (SSSR count). The zero-order valence-electron chi connectivity index (χ0n) is 18.3. The minimum Gasteiger partial charge on any atom is -0.508 e. The first kappa shape index (κ1) is 25.3. The van der Waals surface area contributed by atoms with Gasteiger partial charge in [0.2, 0.25) is 11.8 Å². The summed E-state index contributed by atoms with van der Waals surface area (Å²) in [6, 6.07) is 1.99. The van der Waals surface area contributed by atoms with Crippen LogP contribution in [0, 0.1) is 0 Å². The van der Waals surface area contributed by atoms with Gasteiger partial charge >= 0.3 is 0 Å². The van der Waals surface area contributed by atoms with E-state index in [1.54, 1.807) is 12.1 Å². The predicted molar refractivity (Wildman–Crippen MR) is 114 cm³/mol. The highest BCUT2D eigenvalue weighted by Crippen LogP contribution is 2.38. The van der Waals surface area contributed by atoms with Crippen LogP contribution in [0.5, 0.6) is 5.75 Å². The minimum atomic E-state index is -2.13. The number of piperidine rings is 1. The predicted octanol–water partition coefficient (Wildman–Crippen LogP) is -2.45. The van der Waals surface area contributed by atoms with E-state index in [4.69, 9.17) is 10.5 Å². The average molecular weight is 469 g/mol. The molecule has 2 amide bonds. The molecule has 0 saturated carbocycles. The van der Waals surface area contributed by atoms with Crippen molar-refractivity contribution in [3.8, 4) is 5.75 Å². The first-order valence-corrected chi connectivity index (χ1v) is 10.9. The first-order chi connectivity index (χ1) is 15.6. The molecule has 1 unspecified atom stereocenters. The third-order valence-corrected chi connectivity index (χ3v) is 6.15. The number of ether oxygens (including phenoxy) is 1. The van der Waals surface area contributed by atoms with E-state index in [-0.39, 0.29) is 12.2 Å². The Morgan fingerprint density at radius 2 is 1.91 bits per heavy atom. The number of hydrogen-bond donors (Lipinski definition) is 8. The van der Waals surface area contributed by atoms with Crippen LogP contribution in [0.4, 0.5) is 0 Å². The lowest BCUT2D eigenvalue weighted by atomic mass is 9.80. The van der Waals surface area contributed by atoms with Crippen molar-refractivity contribution in [2.24, 2.45) is 5.73 Å². The maximum atomic E-state index is 13.0. The number of benzene rings is 1. The Kier molecular flexibility index (Phi) is 7.90. The second-order valence-corrected chi connectivity index (χ2v) is 8.56. The number of unbranched alkanes of at least 4 members (excludes halogenated alkanes) is 1. The van der Waals surface area contributed by atoms with Gasteiger partial charge in [0, 0.05) is 6.54 Å². The fourth-order valence-corrected chi connectivity index (χ4v) is 4.11.